The van der Waals surface area contributed by atoms with Crippen LogP contribution in [0.4, 0.5) is 10.1 Å². The zero-order chi connectivity index (χ0) is 11.4. The molecule has 1 aromatic rings. The summed E-state index contributed by atoms with van der Waals surface area (Å²) in [5, 5.41) is 2.37. The first-order valence-corrected chi connectivity index (χ1v) is 4.75. The van der Waals surface area contributed by atoms with E-state index in [9.17, 15) is 14.0 Å². The molecule has 0 spiro atoms. The molecular weight excluding hydrogens is 221 g/mol. The molecule has 1 rings (SSSR count). The Bertz CT molecular complexity index is 406. The number of carbonyl (C=O) groups is 2. The third-order valence-electron chi connectivity index (χ3n) is 1.72. The van der Waals surface area contributed by atoms with E-state index in [1.54, 1.807) is 0 Å². The maximum Gasteiger partial charge on any atom is 0.221 e. The van der Waals surface area contributed by atoms with Gasteiger partial charge in [0.25, 0.3) is 0 Å². The smallest absolute Gasteiger partial charge is 0.221 e. The Hall–Kier alpha value is -1.42. The first-order valence-electron chi connectivity index (χ1n) is 4.21. The van der Waals surface area contributed by atoms with Gasteiger partial charge >= 0.3 is 0 Å². The lowest BCUT2D eigenvalue weighted by atomic mass is 10.1. The lowest BCUT2D eigenvalue weighted by Crippen LogP contribution is -2.13. The molecule has 0 bridgehead atoms. The predicted octanol–water partition coefficient (Wildman–Crippen LogP) is 2.21. The first kappa shape index (κ1) is 11.7. The van der Waals surface area contributed by atoms with Crippen LogP contribution in [0.3, 0.4) is 0 Å². The molecule has 0 heterocycles. The summed E-state index contributed by atoms with van der Waals surface area (Å²) in [5.41, 5.74) is -0.0316. The lowest BCUT2D eigenvalue weighted by molar-refractivity contribution is -0.114. The molecule has 0 aliphatic carbocycles. The van der Waals surface area contributed by atoms with Crippen molar-refractivity contribution < 1.29 is 14.0 Å². The number of halogens is 2. The average molecular weight is 230 g/mol. The predicted molar refractivity (Wildman–Crippen MR) is 55.8 cm³/mol. The van der Waals surface area contributed by atoms with Gasteiger partial charge in [-0.25, -0.2) is 4.39 Å². The van der Waals surface area contributed by atoms with Crippen LogP contribution in [-0.2, 0) is 4.79 Å². The van der Waals surface area contributed by atoms with Crippen LogP contribution in [0.5, 0.6) is 0 Å². The molecule has 0 aliphatic heterocycles. The first-order chi connectivity index (χ1) is 7.06. The van der Waals surface area contributed by atoms with Gasteiger partial charge in [-0.2, -0.15) is 0 Å². The number of ketones is 1. The quantitative estimate of drug-likeness (QED) is 0.638. The van der Waals surface area contributed by atoms with E-state index >= 15 is 0 Å². The van der Waals surface area contributed by atoms with E-state index < -0.39 is 11.6 Å². The monoisotopic (exact) mass is 229 g/mol. The third kappa shape index (κ3) is 2.76. The van der Waals surface area contributed by atoms with Crippen LogP contribution in [-0.4, -0.2) is 17.6 Å². The highest BCUT2D eigenvalue weighted by molar-refractivity contribution is 6.31. The molecule has 1 amide bonds. The highest BCUT2D eigenvalue weighted by atomic mass is 35.5. The van der Waals surface area contributed by atoms with Crippen molar-refractivity contribution in [1.82, 2.24) is 0 Å². The minimum Gasteiger partial charge on any atom is -0.326 e. The maximum absolute atomic E-state index is 13.3. The van der Waals surface area contributed by atoms with Crippen LogP contribution in [0.2, 0.25) is 0 Å². The molecule has 0 fully saturated rings. The second-order valence-electron chi connectivity index (χ2n) is 2.90. The van der Waals surface area contributed by atoms with Gasteiger partial charge in [0, 0.05) is 6.92 Å². The molecule has 3 nitrogen and oxygen atoms in total. The average Bonchev–Trinajstić information content (AvgIpc) is 2.16. The highest BCUT2D eigenvalue weighted by Gasteiger charge is 2.16. The fourth-order valence-electron chi connectivity index (χ4n) is 1.17. The Morgan fingerprint density at radius 1 is 1.47 bits per heavy atom. The molecule has 15 heavy (non-hydrogen) atoms. The molecule has 0 saturated heterocycles. The summed E-state index contributed by atoms with van der Waals surface area (Å²) in [6.45, 7) is 1.28. The number of benzene rings is 1. The molecule has 1 N–H and O–H groups in total. The van der Waals surface area contributed by atoms with Crippen molar-refractivity contribution in [2.75, 3.05) is 11.2 Å². The van der Waals surface area contributed by atoms with Crippen molar-refractivity contribution >= 4 is 29.0 Å². The van der Waals surface area contributed by atoms with Gasteiger partial charge in [0.2, 0.25) is 5.91 Å². The highest BCUT2D eigenvalue weighted by Crippen LogP contribution is 2.20. The molecule has 5 heteroatoms. The Kier molecular flexibility index (Phi) is 3.80. The second kappa shape index (κ2) is 4.89. The summed E-state index contributed by atoms with van der Waals surface area (Å²) in [5.74, 6) is -1.94. The second-order valence-corrected chi connectivity index (χ2v) is 3.17. The fraction of sp³-hybridized carbons (Fsp3) is 0.200. The maximum atomic E-state index is 13.3. The van der Waals surface area contributed by atoms with Gasteiger partial charge in [-0.3, -0.25) is 9.59 Å². The lowest BCUT2D eigenvalue weighted by Gasteiger charge is -2.08. The Balaban J connectivity index is 3.20. The van der Waals surface area contributed by atoms with Crippen molar-refractivity contribution in [3.8, 4) is 0 Å². The largest absolute Gasteiger partial charge is 0.326 e. The number of anilines is 1. The van der Waals surface area contributed by atoms with E-state index in [1.807, 2.05) is 0 Å². The molecule has 0 radical (unpaired) electrons. The number of rotatable bonds is 3. The van der Waals surface area contributed by atoms with Gasteiger partial charge in [0.05, 0.1) is 17.1 Å². The van der Waals surface area contributed by atoms with Crippen LogP contribution in [0.15, 0.2) is 18.2 Å². The molecule has 0 saturated carbocycles. The van der Waals surface area contributed by atoms with E-state index in [2.05, 4.69) is 5.32 Å². The van der Waals surface area contributed by atoms with E-state index in [1.165, 1.54) is 19.1 Å². The number of carbonyl (C=O) groups excluding carboxylic acids is 2. The van der Waals surface area contributed by atoms with E-state index in [4.69, 9.17) is 11.6 Å². The van der Waals surface area contributed by atoms with Gasteiger partial charge in [-0.05, 0) is 12.1 Å². The van der Waals surface area contributed by atoms with Gasteiger partial charge in [0.1, 0.15) is 5.82 Å². The summed E-state index contributed by atoms with van der Waals surface area (Å²) in [7, 11) is 0. The van der Waals surface area contributed by atoms with E-state index in [0.717, 1.165) is 6.07 Å². The molecule has 1 aromatic carbocycles. The number of nitrogens with one attached hydrogen (secondary N) is 1. The number of hydrogen-bond donors (Lipinski definition) is 1. The van der Waals surface area contributed by atoms with Crippen LogP contribution < -0.4 is 5.32 Å². The van der Waals surface area contributed by atoms with Crippen molar-refractivity contribution in [2.45, 2.75) is 6.92 Å². The summed E-state index contributed by atoms with van der Waals surface area (Å²) in [6, 6.07) is 4.00. The van der Waals surface area contributed by atoms with Crippen molar-refractivity contribution in [3.05, 3.63) is 29.6 Å². The SMILES string of the molecule is CC(=O)Nc1cccc(F)c1C(=O)CCl. The molecule has 0 unspecified atom stereocenters. The normalized spacial score (nSPS) is 9.80. The number of amides is 1. The fourth-order valence-corrected chi connectivity index (χ4v) is 1.30. The van der Waals surface area contributed by atoms with Crippen molar-refractivity contribution in [3.63, 3.8) is 0 Å². The zero-order valence-electron chi connectivity index (χ0n) is 8.01. The summed E-state index contributed by atoms with van der Waals surface area (Å²) in [4.78, 5) is 22.1. The standard InChI is InChI=1S/C10H9ClFNO2/c1-6(14)13-8-4-2-3-7(12)10(8)9(15)5-11/h2-4H,5H2,1H3,(H,13,14). The van der Waals surface area contributed by atoms with Crippen molar-refractivity contribution in [1.29, 1.82) is 0 Å². The minimum atomic E-state index is -0.688. The van der Waals surface area contributed by atoms with Gasteiger partial charge in [-0.1, -0.05) is 6.07 Å². The topological polar surface area (TPSA) is 46.2 Å². The Labute approximate surface area is 91.2 Å². The van der Waals surface area contributed by atoms with Crippen LogP contribution in [0.1, 0.15) is 17.3 Å². The summed E-state index contributed by atoms with van der Waals surface area (Å²) >= 11 is 5.34. The summed E-state index contributed by atoms with van der Waals surface area (Å²) in [6.07, 6.45) is 0. The van der Waals surface area contributed by atoms with E-state index in [-0.39, 0.29) is 23.0 Å². The number of alkyl halides is 1. The molecule has 0 atom stereocenters. The number of hydrogen-bond acceptors (Lipinski definition) is 2. The molecular formula is C10H9ClFNO2. The van der Waals surface area contributed by atoms with Gasteiger partial charge in [-0.15, -0.1) is 11.6 Å². The Morgan fingerprint density at radius 3 is 2.67 bits per heavy atom. The van der Waals surface area contributed by atoms with Crippen LogP contribution in [0, 0.1) is 5.82 Å². The van der Waals surface area contributed by atoms with Gasteiger partial charge < -0.3 is 5.32 Å². The molecule has 0 aliphatic rings. The zero-order valence-corrected chi connectivity index (χ0v) is 8.77. The molecule has 0 aromatic heterocycles. The van der Waals surface area contributed by atoms with Crippen LogP contribution in [0.25, 0.3) is 0 Å². The Morgan fingerprint density at radius 2 is 2.13 bits per heavy atom. The summed E-state index contributed by atoms with van der Waals surface area (Å²) < 4.78 is 13.3. The molecule has 80 valence electrons. The number of Topliss-reactive ketones (excluding diaryl/α,β-unsaturated/α-hetero) is 1. The third-order valence-corrected chi connectivity index (χ3v) is 1.97. The van der Waals surface area contributed by atoms with Crippen molar-refractivity contribution in [2.24, 2.45) is 0 Å². The van der Waals surface area contributed by atoms with Crippen LogP contribution >= 0.6 is 11.6 Å². The minimum absolute atomic E-state index is 0.146. The van der Waals surface area contributed by atoms with Gasteiger partial charge in [0.15, 0.2) is 5.78 Å². The van der Waals surface area contributed by atoms with E-state index in [0.29, 0.717) is 0 Å².